The van der Waals surface area contributed by atoms with Crippen LogP contribution in [0.4, 0.5) is 0 Å². The molecule has 7 heteroatoms. The smallest absolute Gasteiger partial charge is 0.261 e. The molecule has 1 aromatic carbocycles. The van der Waals surface area contributed by atoms with Crippen molar-refractivity contribution in [2.24, 2.45) is 5.92 Å². The summed E-state index contributed by atoms with van der Waals surface area (Å²) in [6.45, 7) is 3.08. The average Bonchev–Trinajstić information content (AvgIpc) is 3.41. The van der Waals surface area contributed by atoms with Crippen LogP contribution in [-0.4, -0.2) is 40.1 Å². The lowest BCUT2D eigenvalue weighted by atomic mass is 9.95. The van der Waals surface area contributed by atoms with Crippen LogP contribution < -0.4 is 5.32 Å². The van der Waals surface area contributed by atoms with Gasteiger partial charge in [0.05, 0.1) is 23.7 Å². The minimum atomic E-state index is -0.0863. The molecule has 2 amide bonds. The standard InChI is InChI=1S/C22H24N4O2S/c1-15-8-9-29-21(15)22(28)23-11-17-10-19(27)25(2)20(17)18-12-24-26(14-18)13-16-6-4-3-5-7-16/h3-9,12,14,17,20H,10-11,13H2,1-2H3,(H,23,28)/t17-,20+/m0/s1. The first-order valence-corrected chi connectivity index (χ1v) is 10.5. The summed E-state index contributed by atoms with van der Waals surface area (Å²) in [5.74, 6) is 0.0430. The lowest BCUT2D eigenvalue weighted by molar-refractivity contribution is -0.127. The molecule has 0 aliphatic carbocycles. The van der Waals surface area contributed by atoms with Crippen molar-refractivity contribution in [3.05, 3.63) is 75.7 Å². The summed E-state index contributed by atoms with van der Waals surface area (Å²) >= 11 is 1.44. The fourth-order valence-corrected chi connectivity index (χ4v) is 4.77. The molecule has 0 saturated carbocycles. The van der Waals surface area contributed by atoms with Gasteiger partial charge in [0.25, 0.3) is 5.91 Å². The summed E-state index contributed by atoms with van der Waals surface area (Å²) in [4.78, 5) is 27.4. The highest BCUT2D eigenvalue weighted by Gasteiger charge is 2.39. The first-order chi connectivity index (χ1) is 14.0. The van der Waals surface area contributed by atoms with Crippen molar-refractivity contribution in [3.63, 3.8) is 0 Å². The first kappa shape index (κ1) is 19.4. The van der Waals surface area contributed by atoms with Crippen molar-refractivity contribution in [3.8, 4) is 0 Å². The lowest BCUT2D eigenvalue weighted by Crippen LogP contribution is -2.32. The number of hydrogen-bond acceptors (Lipinski definition) is 4. The van der Waals surface area contributed by atoms with E-state index in [1.54, 1.807) is 4.90 Å². The number of carbonyl (C=O) groups is 2. The third kappa shape index (κ3) is 4.10. The first-order valence-electron chi connectivity index (χ1n) is 9.67. The SMILES string of the molecule is Cc1ccsc1C(=O)NC[C@@H]1CC(=O)N(C)[C@H]1c1cnn(Cc2ccccc2)c1. The van der Waals surface area contributed by atoms with E-state index in [9.17, 15) is 9.59 Å². The maximum atomic E-state index is 12.5. The largest absolute Gasteiger partial charge is 0.351 e. The number of nitrogens with zero attached hydrogens (tertiary/aromatic N) is 3. The predicted molar refractivity (Wildman–Crippen MR) is 113 cm³/mol. The van der Waals surface area contributed by atoms with E-state index in [4.69, 9.17) is 0 Å². The molecule has 6 nitrogen and oxygen atoms in total. The molecule has 0 unspecified atom stereocenters. The van der Waals surface area contributed by atoms with E-state index < -0.39 is 0 Å². The Kier molecular flexibility index (Phi) is 5.49. The van der Waals surface area contributed by atoms with Gasteiger partial charge in [-0.15, -0.1) is 11.3 Å². The van der Waals surface area contributed by atoms with E-state index in [0.29, 0.717) is 19.5 Å². The van der Waals surface area contributed by atoms with Crippen LogP contribution in [0.2, 0.25) is 0 Å². The van der Waals surface area contributed by atoms with Gasteiger partial charge in [-0.2, -0.15) is 5.10 Å². The lowest BCUT2D eigenvalue weighted by Gasteiger charge is -2.24. The van der Waals surface area contributed by atoms with E-state index in [-0.39, 0.29) is 23.8 Å². The number of nitrogens with one attached hydrogen (secondary N) is 1. The predicted octanol–water partition coefficient (Wildman–Crippen LogP) is 3.25. The van der Waals surface area contributed by atoms with Crippen LogP contribution in [-0.2, 0) is 11.3 Å². The molecule has 150 valence electrons. The second-order valence-electron chi connectivity index (χ2n) is 7.51. The molecule has 2 atom stereocenters. The highest BCUT2D eigenvalue weighted by molar-refractivity contribution is 7.12. The van der Waals surface area contributed by atoms with Gasteiger partial charge in [0.2, 0.25) is 5.91 Å². The van der Waals surface area contributed by atoms with E-state index in [1.807, 2.05) is 60.7 Å². The van der Waals surface area contributed by atoms with Gasteiger partial charge in [0, 0.05) is 37.7 Å². The van der Waals surface area contributed by atoms with Crippen LogP contribution in [0.3, 0.4) is 0 Å². The number of likely N-dealkylation sites (tertiary alicyclic amines) is 1. The zero-order valence-corrected chi connectivity index (χ0v) is 17.4. The monoisotopic (exact) mass is 408 g/mol. The van der Waals surface area contributed by atoms with Crippen molar-refractivity contribution >= 4 is 23.2 Å². The van der Waals surface area contributed by atoms with Gasteiger partial charge in [0.15, 0.2) is 0 Å². The zero-order valence-electron chi connectivity index (χ0n) is 16.5. The van der Waals surface area contributed by atoms with Gasteiger partial charge in [-0.25, -0.2) is 0 Å². The summed E-state index contributed by atoms with van der Waals surface area (Å²) in [7, 11) is 1.83. The quantitative estimate of drug-likeness (QED) is 0.681. The Labute approximate surface area is 174 Å². The molecule has 1 aliphatic heterocycles. The molecule has 1 fully saturated rings. The number of rotatable bonds is 6. The van der Waals surface area contributed by atoms with Crippen LogP contribution in [0, 0.1) is 12.8 Å². The minimum Gasteiger partial charge on any atom is -0.351 e. The van der Waals surface area contributed by atoms with Crippen molar-refractivity contribution in [1.29, 1.82) is 0 Å². The number of thiophene rings is 1. The van der Waals surface area contributed by atoms with Crippen LogP contribution >= 0.6 is 11.3 Å². The number of aromatic nitrogens is 2. The van der Waals surface area contributed by atoms with E-state index in [0.717, 1.165) is 16.0 Å². The molecule has 0 spiro atoms. The fraction of sp³-hybridized carbons (Fsp3) is 0.318. The molecule has 29 heavy (non-hydrogen) atoms. The van der Waals surface area contributed by atoms with E-state index >= 15 is 0 Å². The van der Waals surface area contributed by atoms with Crippen molar-refractivity contribution < 1.29 is 9.59 Å². The van der Waals surface area contributed by atoms with Crippen molar-refractivity contribution in [1.82, 2.24) is 20.0 Å². The van der Waals surface area contributed by atoms with Gasteiger partial charge in [-0.1, -0.05) is 30.3 Å². The summed E-state index contributed by atoms with van der Waals surface area (Å²) in [6, 6.07) is 12.0. The summed E-state index contributed by atoms with van der Waals surface area (Å²) in [5, 5.41) is 9.43. The third-order valence-corrected chi connectivity index (χ3v) is 6.48. The van der Waals surface area contributed by atoms with Gasteiger partial charge >= 0.3 is 0 Å². The molecule has 0 radical (unpaired) electrons. The molecule has 1 saturated heterocycles. The topological polar surface area (TPSA) is 67.2 Å². The number of amides is 2. The number of carbonyl (C=O) groups excluding carboxylic acids is 2. The van der Waals surface area contributed by atoms with Crippen LogP contribution in [0.15, 0.2) is 54.2 Å². The Bertz CT molecular complexity index is 1010. The van der Waals surface area contributed by atoms with Crippen LogP contribution in [0.1, 0.15) is 38.8 Å². The molecule has 1 N–H and O–H groups in total. The zero-order chi connectivity index (χ0) is 20.4. The molecule has 2 aromatic heterocycles. The normalized spacial score (nSPS) is 19.0. The van der Waals surface area contributed by atoms with Gasteiger partial charge in [-0.3, -0.25) is 14.3 Å². The molecular formula is C22H24N4O2S. The second kappa shape index (κ2) is 8.21. The van der Waals surface area contributed by atoms with Crippen LogP contribution in [0.5, 0.6) is 0 Å². The van der Waals surface area contributed by atoms with Gasteiger partial charge in [0.1, 0.15) is 0 Å². The summed E-state index contributed by atoms with van der Waals surface area (Å²) in [6.07, 6.45) is 4.26. The number of hydrogen-bond donors (Lipinski definition) is 1. The Morgan fingerprint density at radius 3 is 2.79 bits per heavy atom. The fourth-order valence-electron chi connectivity index (χ4n) is 3.93. The highest BCUT2D eigenvalue weighted by atomic mass is 32.1. The average molecular weight is 409 g/mol. The molecular weight excluding hydrogens is 384 g/mol. The summed E-state index contributed by atoms with van der Waals surface area (Å²) < 4.78 is 1.89. The maximum absolute atomic E-state index is 12.5. The molecule has 3 aromatic rings. The molecule has 1 aliphatic rings. The third-order valence-electron chi connectivity index (χ3n) is 5.47. The van der Waals surface area contributed by atoms with Crippen LogP contribution in [0.25, 0.3) is 0 Å². The van der Waals surface area contributed by atoms with Crippen molar-refractivity contribution in [2.45, 2.75) is 25.9 Å². The van der Waals surface area contributed by atoms with E-state index in [2.05, 4.69) is 22.5 Å². The Morgan fingerprint density at radius 2 is 2.07 bits per heavy atom. The number of benzene rings is 1. The number of aryl methyl sites for hydroxylation is 1. The Balaban J connectivity index is 1.46. The Hall–Kier alpha value is -2.93. The van der Waals surface area contributed by atoms with E-state index in [1.165, 1.54) is 16.9 Å². The summed E-state index contributed by atoms with van der Waals surface area (Å²) in [5.41, 5.74) is 3.15. The molecule has 4 rings (SSSR count). The van der Waals surface area contributed by atoms with Gasteiger partial charge in [-0.05, 0) is 29.5 Å². The molecule has 3 heterocycles. The second-order valence-corrected chi connectivity index (χ2v) is 8.43. The highest BCUT2D eigenvalue weighted by Crippen LogP contribution is 2.36. The van der Waals surface area contributed by atoms with Gasteiger partial charge < -0.3 is 10.2 Å². The molecule has 0 bridgehead atoms. The van der Waals surface area contributed by atoms with Crippen molar-refractivity contribution in [2.75, 3.05) is 13.6 Å². The minimum absolute atomic E-state index is 0.0195. The Morgan fingerprint density at radius 1 is 1.28 bits per heavy atom. The maximum Gasteiger partial charge on any atom is 0.261 e.